The number of nitrogens with two attached hydrogens (primary N) is 1. The zero-order valence-electron chi connectivity index (χ0n) is 10.5. The number of nitrogens with one attached hydrogen (secondary N) is 1. The van der Waals surface area contributed by atoms with Crippen molar-refractivity contribution in [1.82, 2.24) is 19.5 Å². The number of nitrogens with zero attached hydrogens (tertiary/aromatic N) is 3. The fourth-order valence-electron chi connectivity index (χ4n) is 2.77. The predicted molar refractivity (Wildman–Crippen MR) is 67.7 cm³/mol. The quantitative estimate of drug-likeness (QED) is 0.569. The van der Waals surface area contributed by atoms with Crippen molar-refractivity contribution in [2.45, 2.75) is 18.1 Å². The first kappa shape index (κ1) is 13.0. The van der Waals surface area contributed by atoms with Gasteiger partial charge in [0, 0.05) is 18.4 Å². The van der Waals surface area contributed by atoms with Gasteiger partial charge in [0.15, 0.2) is 11.2 Å². The third kappa shape index (κ3) is 1.63. The van der Waals surface area contributed by atoms with Crippen molar-refractivity contribution in [2.75, 3.05) is 18.9 Å². The molecule has 3 rings (SSSR count). The molecule has 0 aliphatic heterocycles. The molecule has 2 aromatic heterocycles. The highest BCUT2D eigenvalue weighted by molar-refractivity contribution is 5.70. The number of fused-ring (bicyclic) bond motifs is 1. The van der Waals surface area contributed by atoms with E-state index in [2.05, 4.69) is 15.0 Å². The normalized spacial score (nSPS) is 29.6. The first-order valence-corrected chi connectivity index (χ1v) is 6.13. The molecule has 2 aromatic rings. The van der Waals surface area contributed by atoms with Crippen LogP contribution in [0.3, 0.4) is 0 Å². The molecule has 0 spiro atoms. The van der Waals surface area contributed by atoms with E-state index in [0.717, 1.165) is 0 Å². The Balaban J connectivity index is 2.06. The van der Waals surface area contributed by atoms with Gasteiger partial charge in [-0.2, -0.15) is 4.98 Å². The predicted octanol–water partition coefficient (Wildman–Crippen LogP) is -1.04. The average molecular weight is 283 g/mol. The van der Waals surface area contributed by atoms with Gasteiger partial charge in [0.1, 0.15) is 5.67 Å². The van der Waals surface area contributed by atoms with Crippen LogP contribution < -0.4 is 11.3 Å². The number of hydrogen-bond acceptors (Lipinski definition) is 6. The van der Waals surface area contributed by atoms with Gasteiger partial charge in [-0.25, -0.2) is 9.37 Å². The van der Waals surface area contributed by atoms with Crippen molar-refractivity contribution < 1.29 is 14.6 Å². The maximum atomic E-state index is 14.1. The van der Waals surface area contributed by atoms with Crippen molar-refractivity contribution in [1.29, 1.82) is 0 Å². The molecule has 8 nitrogen and oxygen atoms in total. The standard InChI is InChI=1S/C11H14FN5O3/c12-11(3-19)1-6(5(11)2-18)17-4-14-7-8(17)15-10(13)16-9(7)20/h4-6,18-19H,1-3H2,(H3,13,15,16,20)/t5-,6+,11+/m1/s1. The molecule has 0 aromatic carbocycles. The largest absolute Gasteiger partial charge is 0.396 e. The summed E-state index contributed by atoms with van der Waals surface area (Å²) in [6.07, 6.45) is 1.39. The summed E-state index contributed by atoms with van der Waals surface area (Å²) in [5, 5.41) is 18.4. The Labute approximate surface area is 112 Å². The highest BCUT2D eigenvalue weighted by Gasteiger charge is 2.55. The highest BCUT2D eigenvalue weighted by atomic mass is 19.1. The van der Waals surface area contributed by atoms with E-state index in [-0.39, 0.29) is 23.5 Å². The van der Waals surface area contributed by atoms with Gasteiger partial charge in [-0.05, 0) is 0 Å². The molecule has 3 atom stereocenters. The lowest BCUT2D eigenvalue weighted by Crippen LogP contribution is -2.55. The maximum Gasteiger partial charge on any atom is 0.280 e. The fraction of sp³-hybridized carbons (Fsp3) is 0.545. The Hall–Kier alpha value is -2.00. The number of nitrogen functional groups attached to an aromatic ring is 1. The molecule has 1 fully saturated rings. The number of imidazole rings is 1. The van der Waals surface area contributed by atoms with Crippen LogP contribution in [0.15, 0.2) is 11.1 Å². The van der Waals surface area contributed by atoms with E-state index in [1.807, 2.05) is 0 Å². The van der Waals surface area contributed by atoms with Gasteiger partial charge in [-0.15, -0.1) is 0 Å². The molecule has 0 saturated heterocycles. The summed E-state index contributed by atoms with van der Waals surface area (Å²) in [6.45, 7) is -1.07. The molecule has 108 valence electrons. The van der Waals surface area contributed by atoms with E-state index < -0.39 is 36.4 Å². The van der Waals surface area contributed by atoms with E-state index in [9.17, 15) is 14.3 Å². The second kappa shape index (κ2) is 4.25. The number of halogens is 1. The highest BCUT2D eigenvalue weighted by Crippen LogP contribution is 2.50. The molecule has 20 heavy (non-hydrogen) atoms. The van der Waals surface area contributed by atoms with Gasteiger partial charge in [0.25, 0.3) is 5.56 Å². The van der Waals surface area contributed by atoms with Crippen molar-refractivity contribution in [3.8, 4) is 0 Å². The Morgan fingerprint density at radius 2 is 2.35 bits per heavy atom. The SMILES string of the molecule is Nc1nc2c(ncn2[C@H]2C[C@](F)(CO)[C@@H]2CO)c(=O)[nH]1. The summed E-state index contributed by atoms with van der Waals surface area (Å²) in [4.78, 5) is 21.9. The van der Waals surface area contributed by atoms with E-state index in [1.54, 1.807) is 0 Å². The van der Waals surface area contributed by atoms with E-state index in [4.69, 9.17) is 10.8 Å². The Kier molecular flexibility index (Phi) is 2.76. The topological polar surface area (TPSA) is 130 Å². The zero-order chi connectivity index (χ0) is 14.5. The molecule has 0 radical (unpaired) electrons. The van der Waals surface area contributed by atoms with Crippen LogP contribution in [0.4, 0.5) is 10.3 Å². The van der Waals surface area contributed by atoms with Crippen LogP contribution in [0.25, 0.3) is 11.2 Å². The molecular formula is C11H14FN5O3. The van der Waals surface area contributed by atoms with Crippen LogP contribution in [0.2, 0.25) is 0 Å². The van der Waals surface area contributed by atoms with Gasteiger partial charge >= 0.3 is 0 Å². The zero-order valence-corrected chi connectivity index (χ0v) is 10.5. The van der Waals surface area contributed by atoms with Gasteiger partial charge in [-0.1, -0.05) is 0 Å². The summed E-state index contributed by atoms with van der Waals surface area (Å²) < 4.78 is 15.7. The summed E-state index contributed by atoms with van der Waals surface area (Å²) >= 11 is 0. The first-order chi connectivity index (χ1) is 9.50. The minimum Gasteiger partial charge on any atom is -0.396 e. The van der Waals surface area contributed by atoms with Crippen LogP contribution in [0, 0.1) is 5.92 Å². The van der Waals surface area contributed by atoms with E-state index in [1.165, 1.54) is 10.9 Å². The number of anilines is 1. The van der Waals surface area contributed by atoms with Crippen LogP contribution in [0.5, 0.6) is 0 Å². The summed E-state index contributed by atoms with van der Waals surface area (Å²) in [5.41, 5.74) is 3.55. The van der Waals surface area contributed by atoms with Crippen molar-refractivity contribution in [3.05, 3.63) is 16.7 Å². The lowest BCUT2D eigenvalue weighted by molar-refractivity contribution is -0.116. The molecule has 1 aliphatic rings. The van der Waals surface area contributed by atoms with Crippen LogP contribution in [-0.2, 0) is 0 Å². The average Bonchev–Trinajstić information content (AvgIpc) is 2.79. The van der Waals surface area contributed by atoms with Gasteiger partial charge in [0.2, 0.25) is 5.95 Å². The Bertz CT molecular complexity index is 714. The van der Waals surface area contributed by atoms with Gasteiger partial charge < -0.3 is 20.5 Å². The number of aliphatic hydroxyl groups is 2. The minimum absolute atomic E-state index is 0.0224. The molecule has 0 bridgehead atoms. The summed E-state index contributed by atoms with van der Waals surface area (Å²) in [6, 6.07) is -0.421. The lowest BCUT2D eigenvalue weighted by Gasteiger charge is -2.48. The number of aliphatic hydroxyl groups excluding tert-OH is 2. The lowest BCUT2D eigenvalue weighted by atomic mass is 9.67. The maximum absolute atomic E-state index is 14.1. The number of H-pyrrole nitrogens is 1. The number of aromatic amines is 1. The smallest absolute Gasteiger partial charge is 0.280 e. The molecule has 0 amide bonds. The summed E-state index contributed by atoms with van der Waals surface area (Å²) in [7, 11) is 0. The molecule has 5 N–H and O–H groups in total. The third-order valence-corrected chi connectivity index (χ3v) is 3.94. The molecule has 2 heterocycles. The molecule has 1 saturated carbocycles. The number of hydrogen-bond donors (Lipinski definition) is 4. The van der Waals surface area contributed by atoms with Crippen molar-refractivity contribution in [3.63, 3.8) is 0 Å². The van der Waals surface area contributed by atoms with Crippen molar-refractivity contribution in [2.24, 2.45) is 5.92 Å². The van der Waals surface area contributed by atoms with Gasteiger partial charge in [-0.3, -0.25) is 9.78 Å². The minimum atomic E-state index is -1.82. The van der Waals surface area contributed by atoms with Gasteiger partial charge in [0.05, 0.1) is 19.5 Å². The number of aromatic nitrogens is 4. The number of alkyl halides is 1. The van der Waals surface area contributed by atoms with Crippen LogP contribution >= 0.6 is 0 Å². The number of rotatable bonds is 3. The van der Waals surface area contributed by atoms with Crippen LogP contribution in [0.1, 0.15) is 12.5 Å². The molecule has 9 heteroatoms. The Morgan fingerprint density at radius 1 is 1.60 bits per heavy atom. The third-order valence-electron chi connectivity index (χ3n) is 3.94. The van der Waals surface area contributed by atoms with E-state index in [0.29, 0.717) is 0 Å². The molecule has 0 unspecified atom stereocenters. The second-order valence-corrected chi connectivity index (χ2v) is 5.03. The van der Waals surface area contributed by atoms with E-state index >= 15 is 0 Å². The monoisotopic (exact) mass is 283 g/mol. The Morgan fingerprint density at radius 3 is 3.00 bits per heavy atom. The fourth-order valence-corrected chi connectivity index (χ4v) is 2.77. The van der Waals surface area contributed by atoms with Crippen LogP contribution in [-0.4, -0.2) is 48.6 Å². The first-order valence-electron chi connectivity index (χ1n) is 6.13. The molecular weight excluding hydrogens is 269 g/mol. The second-order valence-electron chi connectivity index (χ2n) is 5.03. The molecule has 1 aliphatic carbocycles. The summed E-state index contributed by atoms with van der Waals surface area (Å²) in [5.74, 6) is -0.829. The van der Waals surface area contributed by atoms with Crippen molar-refractivity contribution >= 4 is 17.1 Å².